The van der Waals surface area contributed by atoms with Gasteiger partial charge in [-0.15, -0.1) is 0 Å². The molecule has 24 heavy (non-hydrogen) atoms. The average molecular weight is 333 g/mol. The summed E-state index contributed by atoms with van der Waals surface area (Å²) in [5, 5.41) is 10.4. The van der Waals surface area contributed by atoms with E-state index in [0.717, 1.165) is 50.1 Å². The third kappa shape index (κ3) is 2.86. The highest BCUT2D eigenvalue weighted by atomic mass is 16.5. The van der Waals surface area contributed by atoms with Crippen LogP contribution < -0.4 is 9.47 Å². The van der Waals surface area contributed by atoms with Crippen LogP contribution in [0.15, 0.2) is 18.2 Å². The highest BCUT2D eigenvalue weighted by molar-refractivity contribution is 5.79. The molecule has 1 aliphatic carbocycles. The predicted molar refractivity (Wildman–Crippen MR) is 91.4 cm³/mol. The lowest BCUT2D eigenvalue weighted by molar-refractivity contribution is -0.180. The summed E-state index contributed by atoms with van der Waals surface area (Å²) in [5.41, 5.74) is 0.313. The molecule has 0 aromatic heterocycles. The molecule has 2 fully saturated rings. The minimum absolute atomic E-state index is 0.0252. The van der Waals surface area contributed by atoms with Crippen molar-refractivity contribution in [1.29, 1.82) is 0 Å². The fraction of sp³-hybridized carbons (Fsp3) is 0.632. The second-order valence-electron chi connectivity index (χ2n) is 7.29. The monoisotopic (exact) mass is 333 g/mol. The summed E-state index contributed by atoms with van der Waals surface area (Å²) in [6.45, 7) is 3.39. The summed E-state index contributed by atoms with van der Waals surface area (Å²) in [6, 6.07) is 5.52. The number of carbonyl (C=O) groups is 1. The summed E-state index contributed by atoms with van der Waals surface area (Å²) in [6.07, 6.45) is 4.04. The number of hydrogen-bond acceptors (Lipinski definition) is 4. The highest BCUT2D eigenvalue weighted by Gasteiger charge is 2.55. The summed E-state index contributed by atoms with van der Waals surface area (Å²) in [4.78, 5) is 14.6. The van der Waals surface area contributed by atoms with E-state index in [4.69, 9.17) is 9.47 Å². The Morgan fingerprint density at radius 1 is 1.17 bits per heavy atom. The molecular weight excluding hydrogens is 306 g/mol. The van der Waals surface area contributed by atoms with E-state index in [1.807, 2.05) is 30.0 Å². The number of nitrogens with zero attached hydrogens (tertiary/aromatic N) is 1. The first-order chi connectivity index (χ1) is 11.4. The van der Waals surface area contributed by atoms with E-state index in [1.165, 1.54) is 0 Å². The number of benzene rings is 1. The first kappa shape index (κ1) is 17.1. The van der Waals surface area contributed by atoms with Gasteiger partial charge in [0.2, 0.25) is 5.91 Å². The molecular formula is C19H27NO4. The molecule has 1 N–H and O–H groups in total. The third-order valence-corrected chi connectivity index (χ3v) is 6.14. The Hall–Kier alpha value is -1.75. The predicted octanol–water partition coefficient (Wildman–Crippen LogP) is 2.40. The maximum atomic E-state index is 12.7. The van der Waals surface area contributed by atoms with Gasteiger partial charge < -0.3 is 19.5 Å². The summed E-state index contributed by atoms with van der Waals surface area (Å²) in [7, 11) is 3.22. The van der Waals surface area contributed by atoms with Gasteiger partial charge in [-0.05, 0) is 50.8 Å². The minimum atomic E-state index is -0.557. The van der Waals surface area contributed by atoms with Crippen molar-refractivity contribution in [3.63, 3.8) is 0 Å². The van der Waals surface area contributed by atoms with E-state index in [9.17, 15) is 9.90 Å². The number of carbonyl (C=O) groups excluding carboxylic acids is 1. The zero-order chi connectivity index (χ0) is 17.4. The molecule has 5 nitrogen and oxygen atoms in total. The third-order valence-electron chi connectivity index (χ3n) is 6.14. The fourth-order valence-electron chi connectivity index (χ4n) is 4.11. The molecule has 5 heteroatoms. The van der Waals surface area contributed by atoms with Gasteiger partial charge in [0, 0.05) is 24.1 Å². The topological polar surface area (TPSA) is 59.0 Å². The van der Waals surface area contributed by atoms with Crippen LogP contribution in [0, 0.1) is 5.41 Å². The number of methoxy groups -OCH3 is 2. The molecule has 2 aliphatic rings. The van der Waals surface area contributed by atoms with Crippen LogP contribution >= 0.6 is 0 Å². The Kier molecular flexibility index (Phi) is 4.47. The normalized spacial score (nSPS) is 25.2. The van der Waals surface area contributed by atoms with Crippen molar-refractivity contribution in [3.8, 4) is 11.5 Å². The number of likely N-dealkylation sites (tertiary alicyclic amines) is 1. The first-order valence-electron chi connectivity index (χ1n) is 8.62. The summed E-state index contributed by atoms with van der Waals surface area (Å²) in [5.74, 6) is 1.54. The van der Waals surface area contributed by atoms with E-state index < -0.39 is 5.60 Å². The Morgan fingerprint density at radius 2 is 1.88 bits per heavy atom. The Morgan fingerprint density at radius 3 is 2.38 bits per heavy atom. The summed E-state index contributed by atoms with van der Waals surface area (Å²) < 4.78 is 10.6. The summed E-state index contributed by atoms with van der Waals surface area (Å²) >= 11 is 0. The van der Waals surface area contributed by atoms with Crippen LogP contribution in [-0.2, 0) is 11.2 Å². The van der Waals surface area contributed by atoms with Gasteiger partial charge in [0.15, 0.2) is 0 Å². The molecule has 1 aromatic carbocycles. The molecule has 0 bridgehead atoms. The van der Waals surface area contributed by atoms with Crippen molar-refractivity contribution in [1.82, 2.24) is 4.90 Å². The Labute approximate surface area is 143 Å². The van der Waals surface area contributed by atoms with Gasteiger partial charge in [0.25, 0.3) is 0 Å². The maximum absolute atomic E-state index is 12.7. The molecule has 1 saturated heterocycles. The quantitative estimate of drug-likeness (QED) is 0.919. The van der Waals surface area contributed by atoms with E-state index >= 15 is 0 Å². The largest absolute Gasteiger partial charge is 0.497 e. The van der Waals surface area contributed by atoms with Crippen LogP contribution in [0.3, 0.4) is 0 Å². The van der Waals surface area contributed by atoms with Crippen molar-refractivity contribution in [2.24, 2.45) is 5.41 Å². The SMILES string of the molecule is COc1ccc(OC)c(CC(=O)N2CCC3(CC2)CCC3(C)O)c1. The van der Waals surface area contributed by atoms with Crippen LogP contribution in [0.5, 0.6) is 11.5 Å². The minimum Gasteiger partial charge on any atom is -0.497 e. The average Bonchev–Trinajstić information content (AvgIpc) is 2.60. The van der Waals surface area contributed by atoms with Gasteiger partial charge in [-0.2, -0.15) is 0 Å². The molecule has 1 unspecified atom stereocenters. The lowest BCUT2D eigenvalue weighted by atomic mass is 9.53. The zero-order valence-corrected chi connectivity index (χ0v) is 14.8. The fourth-order valence-corrected chi connectivity index (χ4v) is 4.11. The smallest absolute Gasteiger partial charge is 0.227 e. The second-order valence-corrected chi connectivity index (χ2v) is 7.29. The maximum Gasteiger partial charge on any atom is 0.227 e. The van der Waals surface area contributed by atoms with Crippen molar-refractivity contribution in [3.05, 3.63) is 23.8 Å². The van der Waals surface area contributed by atoms with E-state index in [2.05, 4.69) is 0 Å². The molecule has 3 rings (SSSR count). The van der Waals surface area contributed by atoms with Crippen molar-refractivity contribution in [2.75, 3.05) is 27.3 Å². The second kappa shape index (κ2) is 6.28. The number of rotatable bonds is 4. The molecule has 1 atom stereocenters. The molecule has 1 spiro atoms. The molecule has 1 aromatic rings. The first-order valence-corrected chi connectivity index (χ1v) is 8.62. The lowest BCUT2D eigenvalue weighted by Gasteiger charge is -2.58. The molecule has 1 amide bonds. The number of ether oxygens (including phenoxy) is 2. The van der Waals surface area contributed by atoms with E-state index in [-0.39, 0.29) is 11.3 Å². The van der Waals surface area contributed by atoms with E-state index in [0.29, 0.717) is 12.2 Å². The molecule has 1 heterocycles. The highest BCUT2D eigenvalue weighted by Crippen LogP contribution is 2.56. The molecule has 132 valence electrons. The lowest BCUT2D eigenvalue weighted by Crippen LogP contribution is -2.60. The van der Waals surface area contributed by atoms with Gasteiger partial charge in [0.1, 0.15) is 11.5 Å². The molecule has 0 radical (unpaired) electrons. The zero-order valence-electron chi connectivity index (χ0n) is 14.8. The standard InChI is InChI=1S/C19H27NO4/c1-18(22)6-7-19(18)8-10-20(11-9-19)17(21)13-14-12-15(23-2)4-5-16(14)24-3/h4-5,12,22H,6-11,13H2,1-3H3. The van der Waals surface area contributed by atoms with Crippen LogP contribution in [0.1, 0.15) is 38.2 Å². The molecule has 1 aliphatic heterocycles. The van der Waals surface area contributed by atoms with Gasteiger partial charge in [-0.25, -0.2) is 0 Å². The molecule has 1 saturated carbocycles. The number of piperidine rings is 1. The van der Waals surface area contributed by atoms with Crippen LogP contribution in [0.2, 0.25) is 0 Å². The van der Waals surface area contributed by atoms with Crippen molar-refractivity contribution >= 4 is 5.91 Å². The van der Waals surface area contributed by atoms with Gasteiger partial charge in [0.05, 0.1) is 26.2 Å². The van der Waals surface area contributed by atoms with Crippen LogP contribution in [0.25, 0.3) is 0 Å². The Bertz CT molecular complexity index is 618. The number of hydrogen-bond donors (Lipinski definition) is 1. The number of aliphatic hydroxyl groups is 1. The van der Waals surface area contributed by atoms with E-state index in [1.54, 1.807) is 14.2 Å². The van der Waals surface area contributed by atoms with Crippen molar-refractivity contribution < 1.29 is 19.4 Å². The van der Waals surface area contributed by atoms with Gasteiger partial charge >= 0.3 is 0 Å². The van der Waals surface area contributed by atoms with Crippen molar-refractivity contribution in [2.45, 2.75) is 44.6 Å². The van der Waals surface area contributed by atoms with Gasteiger partial charge in [-0.1, -0.05) is 0 Å². The van der Waals surface area contributed by atoms with Gasteiger partial charge in [-0.3, -0.25) is 4.79 Å². The van der Waals surface area contributed by atoms with Crippen LogP contribution in [0.4, 0.5) is 0 Å². The Balaban J connectivity index is 1.64. The number of amides is 1. The van der Waals surface area contributed by atoms with Crippen LogP contribution in [-0.4, -0.2) is 48.8 Å².